The van der Waals surface area contributed by atoms with Gasteiger partial charge in [0.1, 0.15) is 11.6 Å². The number of nitrogens with one attached hydrogen (secondary N) is 2. The molecule has 2 heterocycles. The van der Waals surface area contributed by atoms with Crippen LogP contribution in [0.15, 0.2) is 23.2 Å². The maximum Gasteiger partial charge on any atom is 0.191 e. The highest BCUT2D eigenvalue weighted by molar-refractivity contribution is 5.80. The smallest absolute Gasteiger partial charge is 0.191 e. The topological polar surface area (TPSA) is 66.7 Å². The SMILES string of the molecule is CN=C(NCc1c(C)nn(CCOC)c1C)NC1CCN(c2ccc(F)cc2F)C1. The molecular formula is C21H30F2N6O. The van der Waals surface area contributed by atoms with E-state index >= 15 is 0 Å². The molecule has 164 valence electrons. The molecule has 2 aromatic rings. The van der Waals surface area contributed by atoms with E-state index in [1.165, 1.54) is 12.1 Å². The molecule has 1 aliphatic heterocycles. The van der Waals surface area contributed by atoms with Crippen molar-refractivity contribution in [2.75, 3.05) is 38.8 Å². The first kappa shape index (κ1) is 22.0. The molecule has 1 aromatic heterocycles. The Morgan fingerprint density at radius 3 is 2.83 bits per heavy atom. The van der Waals surface area contributed by atoms with Gasteiger partial charge >= 0.3 is 0 Å². The second-order valence-corrected chi connectivity index (χ2v) is 7.46. The standard InChI is InChI=1S/C21H30F2N6O/c1-14-18(15(2)29(27-14)9-10-30-4)12-25-21(24-3)26-17-7-8-28(13-17)20-6-5-16(22)11-19(20)23/h5-6,11,17H,7-10,12-13H2,1-4H3,(H2,24,25,26). The maximum absolute atomic E-state index is 14.1. The van der Waals surface area contributed by atoms with Gasteiger partial charge in [-0.2, -0.15) is 5.10 Å². The molecule has 1 atom stereocenters. The summed E-state index contributed by atoms with van der Waals surface area (Å²) in [5.74, 6) is -0.412. The minimum Gasteiger partial charge on any atom is -0.383 e. The fourth-order valence-electron chi connectivity index (χ4n) is 3.78. The summed E-state index contributed by atoms with van der Waals surface area (Å²) in [6.45, 7) is 7.30. The van der Waals surface area contributed by atoms with Gasteiger partial charge in [-0.05, 0) is 32.4 Å². The predicted molar refractivity (Wildman–Crippen MR) is 114 cm³/mol. The van der Waals surface area contributed by atoms with E-state index in [4.69, 9.17) is 4.74 Å². The zero-order valence-electron chi connectivity index (χ0n) is 18.0. The predicted octanol–water partition coefficient (Wildman–Crippen LogP) is 2.37. The van der Waals surface area contributed by atoms with Crippen LogP contribution < -0.4 is 15.5 Å². The number of ether oxygens (including phenoxy) is 1. The second kappa shape index (κ2) is 9.88. The first-order valence-electron chi connectivity index (χ1n) is 10.1. The lowest BCUT2D eigenvalue weighted by atomic mass is 10.2. The van der Waals surface area contributed by atoms with Crippen molar-refractivity contribution in [2.45, 2.75) is 39.4 Å². The molecule has 1 aromatic carbocycles. The van der Waals surface area contributed by atoms with Crippen LogP contribution in [-0.2, 0) is 17.8 Å². The van der Waals surface area contributed by atoms with Gasteiger partial charge in [-0.1, -0.05) is 0 Å². The normalized spacial score (nSPS) is 16.9. The van der Waals surface area contributed by atoms with Crippen LogP contribution in [0.25, 0.3) is 0 Å². The Bertz CT molecular complexity index is 898. The third kappa shape index (κ3) is 5.08. The van der Waals surface area contributed by atoms with E-state index in [9.17, 15) is 8.78 Å². The molecule has 0 bridgehead atoms. The largest absolute Gasteiger partial charge is 0.383 e. The van der Waals surface area contributed by atoms with E-state index in [-0.39, 0.29) is 6.04 Å². The summed E-state index contributed by atoms with van der Waals surface area (Å²) < 4.78 is 34.3. The zero-order chi connectivity index (χ0) is 21.7. The summed E-state index contributed by atoms with van der Waals surface area (Å²) in [5, 5.41) is 11.3. The summed E-state index contributed by atoms with van der Waals surface area (Å²) in [7, 11) is 3.40. The number of nitrogens with zero attached hydrogens (tertiary/aromatic N) is 4. The lowest BCUT2D eigenvalue weighted by molar-refractivity contribution is 0.182. The number of guanidine groups is 1. The summed E-state index contributed by atoms with van der Waals surface area (Å²) in [5.41, 5.74) is 3.64. The van der Waals surface area contributed by atoms with Crippen molar-refractivity contribution in [1.82, 2.24) is 20.4 Å². The van der Waals surface area contributed by atoms with Crippen LogP contribution in [0.5, 0.6) is 0 Å². The van der Waals surface area contributed by atoms with E-state index in [1.807, 2.05) is 16.5 Å². The summed E-state index contributed by atoms with van der Waals surface area (Å²) in [4.78, 5) is 6.24. The van der Waals surface area contributed by atoms with Crippen LogP contribution >= 0.6 is 0 Å². The van der Waals surface area contributed by atoms with Crippen molar-refractivity contribution in [3.63, 3.8) is 0 Å². The van der Waals surface area contributed by atoms with Gasteiger partial charge in [0, 0.05) is 57.2 Å². The number of aromatic nitrogens is 2. The van der Waals surface area contributed by atoms with Crippen LogP contribution in [0.3, 0.4) is 0 Å². The van der Waals surface area contributed by atoms with Crippen molar-refractivity contribution in [3.05, 3.63) is 46.8 Å². The highest BCUT2D eigenvalue weighted by Gasteiger charge is 2.25. The Labute approximate surface area is 176 Å². The highest BCUT2D eigenvalue weighted by Crippen LogP contribution is 2.24. The lowest BCUT2D eigenvalue weighted by Crippen LogP contribution is -2.44. The van der Waals surface area contributed by atoms with Crippen molar-refractivity contribution < 1.29 is 13.5 Å². The number of hydrogen-bond acceptors (Lipinski definition) is 4. The van der Waals surface area contributed by atoms with Gasteiger partial charge in [0.05, 0.1) is 24.5 Å². The zero-order valence-corrected chi connectivity index (χ0v) is 18.0. The first-order chi connectivity index (χ1) is 14.4. The van der Waals surface area contributed by atoms with Crippen LogP contribution in [0.1, 0.15) is 23.4 Å². The van der Waals surface area contributed by atoms with E-state index in [0.717, 1.165) is 29.4 Å². The van der Waals surface area contributed by atoms with Gasteiger partial charge < -0.3 is 20.3 Å². The molecule has 1 fully saturated rings. The number of benzene rings is 1. The first-order valence-corrected chi connectivity index (χ1v) is 10.1. The van der Waals surface area contributed by atoms with Gasteiger partial charge in [-0.3, -0.25) is 9.67 Å². The third-order valence-electron chi connectivity index (χ3n) is 5.47. The molecule has 2 N–H and O–H groups in total. The molecule has 1 saturated heterocycles. The number of aliphatic imine (C=N–C) groups is 1. The fourth-order valence-corrected chi connectivity index (χ4v) is 3.78. The van der Waals surface area contributed by atoms with Crippen molar-refractivity contribution >= 4 is 11.6 Å². The summed E-state index contributed by atoms with van der Waals surface area (Å²) in [6, 6.07) is 3.82. The lowest BCUT2D eigenvalue weighted by Gasteiger charge is -2.21. The third-order valence-corrected chi connectivity index (χ3v) is 5.47. The molecule has 0 spiro atoms. The molecule has 0 aliphatic carbocycles. The number of aryl methyl sites for hydroxylation is 1. The Morgan fingerprint density at radius 1 is 1.33 bits per heavy atom. The highest BCUT2D eigenvalue weighted by atomic mass is 19.1. The minimum absolute atomic E-state index is 0.118. The fraction of sp³-hybridized carbons (Fsp3) is 0.524. The van der Waals surface area contributed by atoms with Gasteiger partial charge in [-0.25, -0.2) is 8.78 Å². The molecule has 0 radical (unpaired) electrons. The molecule has 0 amide bonds. The molecule has 0 saturated carbocycles. The van der Waals surface area contributed by atoms with Crippen LogP contribution in [0, 0.1) is 25.5 Å². The number of methoxy groups -OCH3 is 1. The number of rotatable bonds is 7. The monoisotopic (exact) mass is 420 g/mol. The van der Waals surface area contributed by atoms with Crippen LogP contribution in [-0.4, -0.2) is 55.6 Å². The van der Waals surface area contributed by atoms with Crippen LogP contribution in [0.4, 0.5) is 14.5 Å². The summed E-state index contributed by atoms with van der Waals surface area (Å²) >= 11 is 0. The molecule has 1 aliphatic rings. The number of anilines is 1. The Balaban J connectivity index is 1.56. The molecule has 3 rings (SSSR count). The van der Waals surface area contributed by atoms with E-state index < -0.39 is 11.6 Å². The van der Waals surface area contributed by atoms with Gasteiger partial charge in [-0.15, -0.1) is 0 Å². The van der Waals surface area contributed by atoms with E-state index in [2.05, 4.69) is 27.6 Å². The second-order valence-electron chi connectivity index (χ2n) is 7.46. The Morgan fingerprint density at radius 2 is 2.13 bits per heavy atom. The van der Waals surface area contributed by atoms with Crippen LogP contribution in [0.2, 0.25) is 0 Å². The van der Waals surface area contributed by atoms with Gasteiger partial charge in [0.25, 0.3) is 0 Å². The van der Waals surface area contributed by atoms with Gasteiger partial charge in [0.15, 0.2) is 5.96 Å². The maximum atomic E-state index is 14.1. The molecule has 9 heteroatoms. The van der Waals surface area contributed by atoms with Crippen molar-refractivity contribution in [3.8, 4) is 0 Å². The molecule has 7 nitrogen and oxygen atoms in total. The molecular weight excluding hydrogens is 390 g/mol. The molecule has 1 unspecified atom stereocenters. The van der Waals surface area contributed by atoms with Crippen molar-refractivity contribution in [2.24, 2.45) is 4.99 Å². The average molecular weight is 421 g/mol. The summed E-state index contributed by atoms with van der Waals surface area (Å²) in [6.07, 6.45) is 0.838. The van der Waals surface area contributed by atoms with E-state index in [0.29, 0.717) is 44.4 Å². The Kier molecular flexibility index (Phi) is 7.25. The molecule has 30 heavy (non-hydrogen) atoms. The van der Waals surface area contributed by atoms with E-state index in [1.54, 1.807) is 14.2 Å². The quantitative estimate of drug-likeness (QED) is 0.532. The van der Waals surface area contributed by atoms with Gasteiger partial charge in [0.2, 0.25) is 0 Å². The van der Waals surface area contributed by atoms with Crippen molar-refractivity contribution in [1.29, 1.82) is 0 Å². The Hall–Kier alpha value is -2.68. The average Bonchev–Trinajstić information content (AvgIpc) is 3.28. The number of hydrogen-bond donors (Lipinski definition) is 2. The minimum atomic E-state index is -0.564. The number of halogens is 2.